The van der Waals surface area contributed by atoms with Crippen LogP contribution in [0.15, 0.2) is 6.33 Å². The lowest BCUT2D eigenvalue weighted by Gasteiger charge is -2.26. The molecule has 0 saturated heterocycles. The van der Waals surface area contributed by atoms with Gasteiger partial charge in [-0.15, -0.1) is 0 Å². The minimum atomic E-state index is -0.323. The van der Waals surface area contributed by atoms with Crippen molar-refractivity contribution in [3.8, 4) is 0 Å². The predicted molar refractivity (Wildman–Crippen MR) is 62.9 cm³/mol. The molecule has 16 heavy (non-hydrogen) atoms. The number of hydrogen-bond acceptors (Lipinski definition) is 4. The average Bonchev–Trinajstić information content (AvgIpc) is 2.29. The summed E-state index contributed by atoms with van der Waals surface area (Å²) in [6, 6.07) is 0.166. The zero-order valence-corrected chi connectivity index (χ0v) is 10.1. The van der Waals surface area contributed by atoms with E-state index < -0.39 is 0 Å². The smallest absolute Gasteiger partial charge is 0.187 e. The number of hydrogen-bond donors (Lipinski definition) is 1. The molecule has 0 amide bonds. The molecule has 1 rings (SSSR count). The first kappa shape index (κ1) is 12.8. The van der Waals surface area contributed by atoms with Crippen molar-refractivity contribution in [3.05, 3.63) is 17.8 Å². The Hall–Kier alpha value is -1.23. The second kappa shape index (κ2) is 5.75. The lowest BCUT2D eigenvalue weighted by molar-refractivity contribution is 0.564. The van der Waals surface area contributed by atoms with Crippen molar-refractivity contribution in [1.82, 2.24) is 9.97 Å². The Labute approximate surface area is 95.7 Å². The Morgan fingerprint density at radius 2 is 2.19 bits per heavy atom. The van der Waals surface area contributed by atoms with Crippen LogP contribution in [-0.2, 0) is 6.42 Å². The lowest BCUT2D eigenvalue weighted by Crippen LogP contribution is -2.32. The number of nitrogens with zero attached hydrogens (tertiary/aromatic N) is 3. The van der Waals surface area contributed by atoms with Crippen molar-refractivity contribution in [2.45, 2.75) is 32.7 Å². The molecule has 0 bridgehead atoms. The molecule has 1 heterocycles. The van der Waals surface area contributed by atoms with Gasteiger partial charge in [0.1, 0.15) is 6.33 Å². The van der Waals surface area contributed by atoms with Crippen LogP contribution in [0, 0.1) is 5.82 Å². The minimum absolute atomic E-state index is 0.166. The van der Waals surface area contributed by atoms with Crippen LogP contribution in [0.2, 0.25) is 0 Å². The first-order valence-corrected chi connectivity index (χ1v) is 5.54. The Kier molecular flexibility index (Phi) is 4.61. The fraction of sp³-hybridized carbons (Fsp3) is 0.636. The molecule has 0 radical (unpaired) electrons. The summed E-state index contributed by atoms with van der Waals surface area (Å²) >= 11 is 0. The fourth-order valence-corrected chi connectivity index (χ4v) is 1.53. The van der Waals surface area contributed by atoms with E-state index in [9.17, 15) is 4.39 Å². The summed E-state index contributed by atoms with van der Waals surface area (Å²) in [4.78, 5) is 9.71. The molecule has 0 fully saturated rings. The van der Waals surface area contributed by atoms with Crippen LogP contribution in [-0.4, -0.2) is 29.6 Å². The summed E-state index contributed by atoms with van der Waals surface area (Å²) in [7, 11) is 1.82. The van der Waals surface area contributed by atoms with Gasteiger partial charge >= 0.3 is 0 Å². The lowest BCUT2D eigenvalue weighted by atomic mass is 10.2. The molecule has 1 atom stereocenters. The Bertz CT molecular complexity index is 343. The van der Waals surface area contributed by atoms with Gasteiger partial charge in [0.05, 0.1) is 5.69 Å². The summed E-state index contributed by atoms with van der Waals surface area (Å²) in [6.07, 6.45) is 2.78. The molecule has 4 nitrogen and oxygen atoms in total. The van der Waals surface area contributed by atoms with Gasteiger partial charge in [0, 0.05) is 13.1 Å². The number of aryl methyl sites for hydroxylation is 1. The van der Waals surface area contributed by atoms with E-state index in [1.165, 1.54) is 6.33 Å². The molecule has 1 aromatic rings. The summed E-state index contributed by atoms with van der Waals surface area (Å²) < 4.78 is 13.9. The van der Waals surface area contributed by atoms with Gasteiger partial charge in [-0.25, -0.2) is 14.4 Å². The van der Waals surface area contributed by atoms with E-state index in [0.717, 1.165) is 6.42 Å². The molecule has 5 heteroatoms. The Balaban J connectivity index is 2.94. The Morgan fingerprint density at radius 1 is 1.50 bits per heavy atom. The topological polar surface area (TPSA) is 55.0 Å². The SMILES string of the molecule is CCc1ncnc(N(C)C(C)CCN)c1F. The van der Waals surface area contributed by atoms with Crippen LogP contribution in [0.3, 0.4) is 0 Å². The maximum atomic E-state index is 13.9. The molecule has 0 aromatic carbocycles. The van der Waals surface area contributed by atoms with E-state index >= 15 is 0 Å². The van der Waals surface area contributed by atoms with Crippen molar-refractivity contribution in [2.75, 3.05) is 18.5 Å². The normalized spacial score (nSPS) is 12.6. The molecular weight excluding hydrogens is 207 g/mol. The summed E-state index contributed by atoms with van der Waals surface area (Å²) in [5.74, 6) is 0.0316. The number of nitrogens with two attached hydrogens (primary N) is 1. The van der Waals surface area contributed by atoms with Crippen LogP contribution in [0.1, 0.15) is 26.0 Å². The van der Waals surface area contributed by atoms with Crippen molar-refractivity contribution in [3.63, 3.8) is 0 Å². The zero-order valence-electron chi connectivity index (χ0n) is 10.1. The minimum Gasteiger partial charge on any atom is -0.354 e. The highest BCUT2D eigenvalue weighted by atomic mass is 19.1. The molecule has 0 aliphatic rings. The van der Waals surface area contributed by atoms with Gasteiger partial charge in [-0.1, -0.05) is 6.92 Å². The molecule has 0 aliphatic heterocycles. The average molecular weight is 226 g/mol. The van der Waals surface area contributed by atoms with Gasteiger partial charge in [-0.05, 0) is 26.3 Å². The molecule has 1 aromatic heterocycles. The van der Waals surface area contributed by atoms with E-state index in [2.05, 4.69) is 9.97 Å². The fourth-order valence-electron chi connectivity index (χ4n) is 1.53. The largest absolute Gasteiger partial charge is 0.354 e. The van der Waals surface area contributed by atoms with Crippen molar-refractivity contribution in [2.24, 2.45) is 5.73 Å². The summed E-state index contributed by atoms with van der Waals surface area (Å²) in [5.41, 5.74) is 5.94. The van der Waals surface area contributed by atoms with Crippen LogP contribution in [0.4, 0.5) is 10.2 Å². The van der Waals surface area contributed by atoms with Gasteiger partial charge < -0.3 is 10.6 Å². The third-order valence-corrected chi connectivity index (χ3v) is 2.76. The second-order valence-corrected chi connectivity index (χ2v) is 3.85. The first-order chi connectivity index (χ1) is 7.61. The first-order valence-electron chi connectivity index (χ1n) is 5.54. The quantitative estimate of drug-likeness (QED) is 0.823. The summed E-state index contributed by atoms with van der Waals surface area (Å²) in [6.45, 7) is 4.46. The summed E-state index contributed by atoms with van der Waals surface area (Å²) in [5, 5.41) is 0. The second-order valence-electron chi connectivity index (χ2n) is 3.85. The van der Waals surface area contributed by atoms with Crippen LogP contribution in [0.5, 0.6) is 0 Å². The highest BCUT2D eigenvalue weighted by Gasteiger charge is 2.17. The van der Waals surface area contributed by atoms with E-state index in [1.54, 1.807) is 0 Å². The van der Waals surface area contributed by atoms with Gasteiger partial charge in [0.15, 0.2) is 11.6 Å². The van der Waals surface area contributed by atoms with E-state index in [4.69, 9.17) is 5.73 Å². The molecule has 2 N–H and O–H groups in total. The Morgan fingerprint density at radius 3 is 2.75 bits per heavy atom. The van der Waals surface area contributed by atoms with Crippen LogP contribution in [0.25, 0.3) is 0 Å². The predicted octanol–water partition coefficient (Wildman–Crippen LogP) is 1.35. The molecule has 1 unspecified atom stereocenters. The maximum Gasteiger partial charge on any atom is 0.187 e. The van der Waals surface area contributed by atoms with Crippen LogP contribution < -0.4 is 10.6 Å². The molecule has 0 saturated carbocycles. The van der Waals surface area contributed by atoms with Gasteiger partial charge in [0.2, 0.25) is 0 Å². The van der Waals surface area contributed by atoms with E-state index in [-0.39, 0.29) is 11.9 Å². The number of rotatable bonds is 5. The third-order valence-electron chi connectivity index (χ3n) is 2.76. The molecule has 0 spiro atoms. The van der Waals surface area contributed by atoms with Gasteiger partial charge in [-0.3, -0.25) is 0 Å². The highest BCUT2D eigenvalue weighted by molar-refractivity contribution is 5.41. The van der Waals surface area contributed by atoms with Gasteiger partial charge in [-0.2, -0.15) is 0 Å². The van der Waals surface area contributed by atoms with Crippen molar-refractivity contribution in [1.29, 1.82) is 0 Å². The van der Waals surface area contributed by atoms with E-state index in [1.807, 2.05) is 25.8 Å². The molecular formula is C11H19FN4. The number of anilines is 1. The van der Waals surface area contributed by atoms with Crippen molar-refractivity contribution >= 4 is 5.82 Å². The van der Waals surface area contributed by atoms with E-state index in [0.29, 0.717) is 24.5 Å². The maximum absolute atomic E-state index is 13.9. The standard InChI is InChI=1S/C11H19FN4/c1-4-9-10(12)11(15-7-14-9)16(3)8(2)5-6-13/h7-8H,4-6,13H2,1-3H3. The zero-order chi connectivity index (χ0) is 12.1. The molecule has 90 valence electrons. The van der Waals surface area contributed by atoms with Gasteiger partial charge in [0.25, 0.3) is 0 Å². The number of halogens is 1. The monoisotopic (exact) mass is 226 g/mol. The highest BCUT2D eigenvalue weighted by Crippen LogP contribution is 2.19. The third kappa shape index (κ3) is 2.66. The van der Waals surface area contributed by atoms with Crippen molar-refractivity contribution < 1.29 is 4.39 Å². The number of aromatic nitrogens is 2. The molecule has 0 aliphatic carbocycles. The van der Waals surface area contributed by atoms with Crippen LogP contribution >= 0.6 is 0 Å².